The van der Waals surface area contributed by atoms with Crippen molar-refractivity contribution in [2.45, 2.75) is 48.8 Å². The maximum atomic E-state index is 15.0. The first-order chi connectivity index (χ1) is 16.9. The molecule has 3 fully saturated rings. The minimum Gasteiger partial charge on any atom is -0.486 e. The largest absolute Gasteiger partial charge is 0.486 e. The lowest BCUT2D eigenvalue weighted by Crippen LogP contribution is -2.63. The lowest BCUT2D eigenvalue weighted by Gasteiger charge is -2.45. The van der Waals surface area contributed by atoms with E-state index in [1.165, 1.54) is 28.8 Å². The molecule has 2 unspecified atom stereocenters. The van der Waals surface area contributed by atoms with Gasteiger partial charge < -0.3 is 14.5 Å². The number of ether oxygens (including phenoxy) is 1. The maximum absolute atomic E-state index is 15.0. The molecule has 3 atom stereocenters. The zero-order valence-electron chi connectivity index (χ0n) is 19.8. The molecule has 1 amide bonds. The summed E-state index contributed by atoms with van der Waals surface area (Å²) in [4.78, 5) is 18.9. The van der Waals surface area contributed by atoms with Crippen molar-refractivity contribution in [3.05, 3.63) is 53.3 Å². The number of nitrogens with zero attached hydrogens (tertiary/aromatic N) is 4. The average molecular weight is 521 g/mol. The molecule has 0 aliphatic carbocycles. The number of fused-ring (bicyclic) bond motifs is 1. The minimum absolute atomic E-state index is 0.0792. The molecule has 36 heavy (non-hydrogen) atoms. The first-order valence-corrected chi connectivity index (χ1v) is 12.4. The predicted molar refractivity (Wildman–Crippen MR) is 128 cm³/mol. The first kappa shape index (κ1) is 24.7. The van der Waals surface area contributed by atoms with Crippen molar-refractivity contribution in [3.8, 4) is 11.8 Å². The maximum Gasteiger partial charge on any atom is 0.417 e. The van der Waals surface area contributed by atoms with E-state index in [0.29, 0.717) is 5.69 Å². The fraction of sp³-hybridized carbons (Fsp3) is 0.440. The number of nitriles is 1. The molecule has 0 aromatic heterocycles. The highest BCUT2D eigenvalue weighted by atomic mass is 32.2. The van der Waals surface area contributed by atoms with Gasteiger partial charge in [-0.05, 0) is 57.6 Å². The van der Waals surface area contributed by atoms with Crippen LogP contribution < -0.4 is 14.5 Å². The second-order valence-corrected chi connectivity index (χ2v) is 11.0. The Labute approximate surface area is 210 Å². The fourth-order valence-electron chi connectivity index (χ4n) is 4.96. The molecule has 6 nitrogen and oxygen atoms in total. The van der Waals surface area contributed by atoms with Gasteiger partial charge in [-0.15, -0.1) is 11.8 Å². The number of alkyl halides is 3. The first-order valence-electron chi connectivity index (χ1n) is 11.5. The van der Waals surface area contributed by atoms with Gasteiger partial charge in [0.15, 0.2) is 11.6 Å². The Morgan fingerprint density at radius 3 is 2.47 bits per heavy atom. The molecule has 190 valence electrons. The van der Waals surface area contributed by atoms with Crippen LogP contribution in [0.2, 0.25) is 0 Å². The van der Waals surface area contributed by atoms with Crippen LogP contribution in [0.1, 0.15) is 31.4 Å². The minimum atomic E-state index is -4.73. The SMILES string of the molecule is CN1CC[C@H](Oc2ccc(N3C4SC4N(c4ccc(C#N)c(C(F)(F)F)c4)C(=O)C3(C)C)cc2F)C1. The molecule has 3 aliphatic heterocycles. The molecule has 11 heteroatoms. The molecule has 0 bridgehead atoms. The molecule has 0 saturated carbocycles. The molecule has 2 aromatic carbocycles. The molecule has 5 rings (SSSR count). The van der Waals surface area contributed by atoms with Crippen LogP contribution in [0.15, 0.2) is 36.4 Å². The van der Waals surface area contributed by atoms with Gasteiger partial charge in [-0.25, -0.2) is 4.39 Å². The summed E-state index contributed by atoms with van der Waals surface area (Å²) >= 11 is 1.40. The smallest absolute Gasteiger partial charge is 0.417 e. The predicted octanol–water partition coefficient (Wildman–Crippen LogP) is 4.83. The van der Waals surface area contributed by atoms with Gasteiger partial charge in [-0.1, -0.05) is 0 Å². The van der Waals surface area contributed by atoms with Crippen molar-refractivity contribution in [1.82, 2.24) is 4.90 Å². The van der Waals surface area contributed by atoms with Crippen molar-refractivity contribution in [2.75, 3.05) is 29.9 Å². The Morgan fingerprint density at radius 2 is 1.86 bits per heavy atom. The van der Waals surface area contributed by atoms with Crippen molar-refractivity contribution in [3.63, 3.8) is 0 Å². The topological polar surface area (TPSA) is 59.8 Å². The number of hydrogen-bond donors (Lipinski definition) is 0. The summed E-state index contributed by atoms with van der Waals surface area (Å²) in [7, 11) is 1.98. The number of likely N-dealkylation sites (tertiary alicyclic amines) is 1. The van der Waals surface area contributed by atoms with E-state index in [9.17, 15) is 18.0 Å². The average Bonchev–Trinajstić information content (AvgIpc) is 3.46. The number of rotatable bonds is 4. The van der Waals surface area contributed by atoms with E-state index >= 15 is 4.39 Å². The number of likely N-dealkylation sites (N-methyl/N-ethyl adjacent to an activating group) is 1. The van der Waals surface area contributed by atoms with Crippen molar-refractivity contribution >= 4 is 29.0 Å². The summed E-state index contributed by atoms with van der Waals surface area (Å²) in [6.45, 7) is 4.94. The van der Waals surface area contributed by atoms with Gasteiger partial charge in [0.05, 0.1) is 17.2 Å². The third-order valence-corrected chi connectivity index (χ3v) is 8.02. The third kappa shape index (κ3) is 4.16. The standard InChI is InChI=1S/C25H24F4N4O2S/c1-24(2)23(34)32(15-5-4-14(12-30)18(10-15)25(27,28)29)21-22(36-21)33(24)16-6-7-20(19(26)11-16)35-17-8-9-31(3)13-17/h4-7,10-11,17,21-22H,8-9,13H2,1-3H3/t17-,21?,22?/m0/s1. The third-order valence-electron chi connectivity index (χ3n) is 6.84. The van der Waals surface area contributed by atoms with Gasteiger partial charge in [-0.2, -0.15) is 18.4 Å². The molecular formula is C25H24F4N4O2S. The Kier molecular flexibility index (Phi) is 5.87. The lowest BCUT2D eigenvalue weighted by molar-refractivity contribution is -0.137. The Hall–Kier alpha value is -2.97. The van der Waals surface area contributed by atoms with E-state index in [1.807, 2.05) is 11.9 Å². The monoisotopic (exact) mass is 520 g/mol. The number of carbonyl (C=O) groups excluding carboxylic acids is 1. The summed E-state index contributed by atoms with van der Waals surface area (Å²) in [6, 6.07) is 9.48. The van der Waals surface area contributed by atoms with E-state index in [1.54, 1.807) is 32.0 Å². The van der Waals surface area contributed by atoms with Gasteiger partial charge in [0, 0.05) is 30.5 Å². The van der Waals surface area contributed by atoms with Gasteiger partial charge in [0.2, 0.25) is 0 Å². The van der Waals surface area contributed by atoms with E-state index in [-0.39, 0.29) is 22.9 Å². The van der Waals surface area contributed by atoms with Crippen molar-refractivity contribution < 1.29 is 27.1 Å². The van der Waals surface area contributed by atoms with Crippen LogP contribution in [0.25, 0.3) is 0 Å². The second kappa shape index (κ2) is 8.56. The Bertz CT molecular complexity index is 1260. The zero-order chi connectivity index (χ0) is 26.0. The van der Waals surface area contributed by atoms with Gasteiger partial charge in [-0.3, -0.25) is 9.69 Å². The molecular weight excluding hydrogens is 496 g/mol. The van der Waals surface area contributed by atoms with Crippen LogP contribution >= 0.6 is 11.8 Å². The fourth-order valence-corrected chi connectivity index (χ4v) is 6.24. The van der Waals surface area contributed by atoms with Crippen LogP contribution in [-0.2, 0) is 11.0 Å². The Balaban J connectivity index is 1.42. The van der Waals surface area contributed by atoms with Crippen LogP contribution in [0, 0.1) is 17.1 Å². The highest BCUT2D eigenvalue weighted by Gasteiger charge is 2.61. The number of carbonyl (C=O) groups is 1. The summed E-state index contributed by atoms with van der Waals surface area (Å²) in [5.41, 5.74) is -2.17. The number of thioether (sulfide) groups is 1. The Morgan fingerprint density at radius 1 is 1.14 bits per heavy atom. The van der Waals surface area contributed by atoms with Crippen LogP contribution in [-0.4, -0.2) is 53.3 Å². The summed E-state index contributed by atoms with van der Waals surface area (Å²) in [5.74, 6) is -0.794. The van der Waals surface area contributed by atoms with Crippen LogP contribution in [0.3, 0.4) is 0 Å². The van der Waals surface area contributed by atoms with Gasteiger partial charge in [0.1, 0.15) is 22.4 Å². The van der Waals surface area contributed by atoms with E-state index in [0.717, 1.165) is 31.6 Å². The quantitative estimate of drug-likeness (QED) is 0.425. The molecule has 2 aromatic rings. The van der Waals surface area contributed by atoms with Crippen molar-refractivity contribution in [1.29, 1.82) is 5.26 Å². The molecule has 3 aliphatic rings. The van der Waals surface area contributed by atoms with E-state index in [2.05, 4.69) is 4.90 Å². The summed E-state index contributed by atoms with van der Waals surface area (Å²) < 4.78 is 61.4. The number of piperazine rings is 1. The second-order valence-electron chi connectivity index (χ2n) is 9.77. The number of hydrogen-bond acceptors (Lipinski definition) is 6. The summed E-state index contributed by atoms with van der Waals surface area (Å²) in [6.07, 6.45) is -4.01. The van der Waals surface area contributed by atoms with Gasteiger partial charge in [0.25, 0.3) is 5.91 Å². The molecule has 0 radical (unpaired) electrons. The van der Waals surface area contributed by atoms with Crippen LogP contribution in [0.4, 0.5) is 28.9 Å². The molecule has 0 N–H and O–H groups in total. The van der Waals surface area contributed by atoms with Crippen molar-refractivity contribution in [2.24, 2.45) is 0 Å². The van der Waals surface area contributed by atoms with Crippen LogP contribution in [0.5, 0.6) is 5.75 Å². The highest BCUT2D eigenvalue weighted by molar-refractivity contribution is 8.08. The number of benzene rings is 2. The number of amides is 1. The van der Waals surface area contributed by atoms with E-state index in [4.69, 9.17) is 10.00 Å². The number of halogens is 4. The molecule has 0 spiro atoms. The molecule has 3 saturated heterocycles. The zero-order valence-corrected chi connectivity index (χ0v) is 20.7. The summed E-state index contributed by atoms with van der Waals surface area (Å²) in [5, 5.41) is 8.39. The normalized spacial score (nSPS) is 25.5. The highest BCUT2D eigenvalue weighted by Crippen LogP contribution is 2.56. The molecule has 3 heterocycles. The van der Waals surface area contributed by atoms with E-state index < -0.39 is 39.9 Å². The van der Waals surface area contributed by atoms with Gasteiger partial charge >= 0.3 is 6.18 Å². The number of anilines is 2. The lowest BCUT2D eigenvalue weighted by atomic mass is 9.95.